The van der Waals surface area contributed by atoms with Crippen LogP contribution in [0.25, 0.3) is 0 Å². The Morgan fingerprint density at radius 1 is 1.26 bits per heavy atom. The van der Waals surface area contributed by atoms with Gasteiger partial charge in [-0.1, -0.05) is 13.8 Å². The molecule has 2 aromatic heterocycles. The molecule has 1 aliphatic rings. The molecule has 31 heavy (non-hydrogen) atoms. The van der Waals surface area contributed by atoms with Gasteiger partial charge in [-0.3, -0.25) is 9.48 Å². The minimum atomic E-state index is -0.402. The topological polar surface area (TPSA) is 69.4 Å². The molecular formula is C24H36N4O3. The summed E-state index contributed by atoms with van der Waals surface area (Å²) in [7, 11) is 1.89. The van der Waals surface area contributed by atoms with Gasteiger partial charge in [0.05, 0.1) is 12.1 Å². The van der Waals surface area contributed by atoms with Crippen LogP contribution in [0.15, 0.2) is 24.4 Å². The van der Waals surface area contributed by atoms with Crippen LogP contribution >= 0.6 is 0 Å². The number of carbonyl (C=O) groups excluding carboxylic acids is 2. The van der Waals surface area contributed by atoms with E-state index in [1.165, 1.54) is 0 Å². The molecule has 1 fully saturated rings. The molecule has 1 amide bonds. The van der Waals surface area contributed by atoms with Gasteiger partial charge in [-0.25, -0.2) is 4.79 Å². The number of hydrogen-bond acceptors (Lipinski definition) is 4. The van der Waals surface area contributed by atoms with Crippen LogP contribution in [0.1, 0.15) is 92.9 Å². The molecule has 0 aromatic carbocycles. The average Bonchev–Trinajstić information content (AvgIpc) is 3.34. The van der Waals surface area contributed by atoms with Crippen LogP contribution < -0.4 is 0 Å². The number of nitrogens with zero attached hydrogens (tertiary/aromatic N) is 4. The van der Waals surface area contributed by atoms with Crippen molar-refractivity contribution in [3.05, 3.63) is 41.5 Å². The van der Waals surface area contributed by atoms with Gasteiger partial charge >= 0.3 is 5.97 Å². The zero-order valence-corrected chi connectivity index (χ0v) is 19.7. The standard InChI is InChI=1S/C24H36N4O3/c1-17(2)21-16-19(25-28(21)24(3,4)5)23(30)31-15-12-18-10-7-8-14-27(18)22(29)20-11-9-13-26(20)6/h9,11,13,16-18H,7-8,10,12,14-15H2,1-6H3. The summed E-state index contributed by atoms with van der Waals surface area (Å²) in [6.45, 7) is 11.4. The Kier molecular flexibility index (Phi) is 6.92. The summed E-state index contributed by atoms with van der Waals surface area (Å²) >= 11 is 0. The summed E-state index contributed by atoms with van der Waals surface area (Å²) in [6, 6.07) is 5.66. The van der Waals surface area contributed by atoms with Crippen molar-refractivity contribution < 1.29 is 14.3 Å². The lowest BCUT2D eigenvalue weighted by atomic mass is 9.99. The molecule has 1 aliphatic heterocycles. The van der Waals surface area contributed by atoms with Gasteiger partial charge in [0, 0.05) is 37.9 Å². The van der Waals surface area contributed by atoms with E-state index in [1.807, 2.05) is 45.6 Å². The average molecular weight is 429 g/mol. The largest absolute Gasteiger partial charge is 0.461 e. The fourth-order valence-corrected chi connectivity index (χ4v) is 4.20. The Balaban J connectivity index is 1.63. The number of esters is 1. The summed E-state index contributed by atoms with van der Waals surface area (Å²) in [5, 5.41) is 4.53. The van der Waals surface area contributed by atoms with Gasteiger partial charge in [0.2, 0.25) is 0 Å². The summed E-state index contributed by atoms with van der Waals surface area (Å²) in [5.41, 5.74) is 1.85. The molecule has 3 rings (SSSR count). The molecule has 0 saturated carbocycles. The lowest BCUT2D eigenvalue weighted by Crippen LogP contribution is -2.44. The van der Waals surface area contributed by atoms with Gasteiger partial charge in [-0.15, -0.1) is 0 Å². The van der Waals surface area contributed by atoms with Crippen molar-refractivity contribution >= 4 is 11.9 Å². The molecule has 0 N–H and O–H groups in total. The number of ether oxygens (including phenoxy) is 1. The second kappa shape index (κ2) is 9.28. The van der Waals surface area contributed by atoms with E-state index >= 15 is 0 Å². The highest BCUT2D eigenvalue weighted by Crippen LogP contribution is 2.25. The summed E-state index contributed by atoms with van der Waals surface area (Å²) in [6.07, 6.45) is 5.55. The number of piperidine rings is 1. The van der Waals surface area contributed by atoms with Crippen LogP contribution in [0.2, 0.25) is 0 Å². The third-order valence-electron chi connectivity index (χ3n) is 5.91. The van der Waals surface area contributed by atoms with Gasteiger partial charge < -0.3 is 14.2 Å². The van der Waals surface area contributed by atoms with Crippen LogP contribution in [0.5, 0.6) is 0 Å². The zero-order valence-electron chi connectivity index (χ0n) is 19.7. The molecule has 1 atom stereocenters. The summed E-state index contributed by atoms with van der Waals surface area (Å²) < 4.78 is 9.34. The number of hydrogen-bond donors (Lipinski definition) is 0. The quantitative estimate of drug-likeness (QED) is 0.642. The molecule has 0 spiro atoms. The predicted molar refractivity (Wildman–Crippen MR) is 120 cm³/mol. The van der Waals surface area contributed by atoms with Gasteiger partial charge in [0.25, 0.3) is 5.91 Å². The Hall–Kier alpha value is -2.57. The smallest absolute Gasteiger partial charge is 0.358 e. The third kappa shape index (κ3) is 5.20. The Bertz CT molecular complexity index is 920. The molecule has 170 valence electrons. The Morgan fingerprint density at radius 2 is 2.00 bits per heavy atom. The fraction of sp³-hybridized carbons (Fsp3) is 0.625. The molecule has 3 heterocycles. The van der Waals surface area contributed by atoms with Crippen molar-refractivity contribution in [1.82, 2.24) is 19.2 Å². The fourth-order valence-electron chi connectivity index (χ4n) is 4.20. The number of amides is 1. The van der Waals surface area contributed by atoms with E-state index < -0.39 is 5.97 Å². The van der Waals surface area contributed by atoms with E-state index in [2.05, 4.69) is 39.7 Å². The van der Waals surface area contributed by atoms with E-state index in [0.717, 1.165) is 31.5 Å². The number of carbonyl (C=O) groups is 2. The lowest BCUT2D eigenvalue weighted by Gasteiger charge is -2.35. The van der Waals surface area contributed by atoms with Crippen LogP contribution in [-0.2, 0) is 17.3 Å². The van der Waals surface area contributed by atoms with Crippen molar-refractivity contribution in [2.45, 2.75) is 77.8 Å². The highest BCUT2D eigenvalue weighted by Gasteiger charge is 2.29. The van der Waals surface area contributed by atoms with Crippen molar-refractivity contribution in [3.63, 3.8) is 0 Å². The minimum absolute atomic E-state index is 0.0500. The Labute approximate surface area is 185 Å². The highest BCUT2D eigenvalue weighted by atomic mass is 16.5. The number of aromatic nitrogens is 3. The number of aryl methyl sites for hydroxylation is 1. The lowest BCUT2D eigenvalue weighted by molar-refractivity contribution is 0.0400. The third-order valence-corrected chi connectivity index (χ3v) is 5.91. The zero-order chi connectivity index (χ0) is 22.8. The van der Waals surface area contributed by atoms with E-state index in [-0.39, 0.29) is 30.0 Å². The van der Waals surface area contributed by atoms with Gasteiger partial charge in [-0.05, 0) is 64.2 Å². The number of rotatable bonds is 6. The molecule has 1 saturated heterocycles. The first-order valence-electron chi connectivity index (χ1n) is 11.3. The maximum absolute atomic E-state index is 13.0. The monoisotopic (exact) mass is 428 g/mol. The SMILES string of the molecule is CC(C)c1cc(C(=O)OCCC2CCCCN2C(=O)c2cccn2C)nn1C(C)(C)C. The Morgan fingerprint density at radius 3 is 2.58 bits per heavy atom. The molecule has 0 bridgehead atoms. The second-order valence-corrected chi connectivity index (χ2v) is 9.77. The molecule has 1 unspecified atom stereocenters. The minimum Gasteiger partial charge on any atom is -0.461 e. The van der Waals surface area contributed by atoms with Crippen molar-refractivity contribution in [2.75, 3.05) is 13.2 Å². The molecule has 0 aliphatic carbocycles. The molecule has 7 nitrogen and oxygen atoms in total. The van der Waals surface area contributed by atoms with E-state index in [9.17, 15) is 9.59 Å². The predicted octanol–water partition coefficient (Wildman–Crippen LogP) is 4.34. The molecule has 7 heteroatoms. The van der Waals surface area contributed by atoms with Crippen LogP contribution in [-0.4, -0.2) is 50.3 Å². The van der Waals surface area contributed by atoms with Crippen molar-refractivity contribution in [2.24, 2.45) is 7.05 Å². The maximum atomic E-state index is 13.0. The molecular weight excluding hydrogens is 392 g/mol. The van der Waals surface area contributed by atoms with E-state index in [4.69, 9.17) is 4.74 Å². The van der Waals surface area contributed by atoms with E-state index in [1.54, 1.807) is 0 Å². The first-order valence-corrected chi connectivity index (χ1v) is 11.3. The number of likely N-dealkylation sites (tertiary alicyclic amines) is 1. The van der Waals surface area contributed by atoms with Crippen LogP contribution in [0, 0.1) is 0 Å². The van der Waals surface area contributed by atoms with Gasteiger partial charge in [-0.2, -0.15) is 5.10 Å². The first-order chi connectivity index (χ1) is 14.6. The van der Waals surface area contributed by atoms with Gasteiger partial charge in [0.1, 0.15) is 5.69 Å². The first kappa shape index (κ1) is 23.1. The maximum Gasteiger partial charge on any atom is 0.358 e. The van der Waals surface area contributed by atoms with E-state index in [0.29, 0.717) is 17.8 Å². The normalized spacial score (nSPS) is 17.3. The van der Waals surface area contributed by atoms with Crippen LogP contribution in [0.3, 0.4) is 0 Å². The van der Waals surface area contributed by atoms with Crippen molar-refractivity contribution in [1.29, 1.82) is 0 Å². The second-order valence-electron chi connectivity index (χ2n) is 9.77. The molecule has 2 aromatic rings. The summed E-state index contributed by atoms with van der Waals surface area (Å²) in [5.74, 6) is -0.0948. The van der Waals surface area contributed by atoms with Gasteiger partial charge in [0.15, 0.2) is 5.69 Å². The van der Waals surface area contributed by atoms with Crippen LogP contribution in [0.4, 0.5) is 0 Å². The molecule has 0 radical (unpaired) electrons. The van der Waals surface area contributed by atoms with Crippen molar-refractivity contribution in [3.8, 4) is 0 Å². The highest BCUT2D eigenvalue weighted by molar-refractivity contribution is 5.93. The summed E-state index contributed by atoms with van der Waals surface area (Å²) in [4.78, 5) is 27.6.